The second kappa shape index (κ2) is 6.41. The molecule has 2 nitrogen and oxygen atoms in total. The van der Waals surface area contributed by atoms with Crippen molar-refractivity contribution in [3.63, 3.8) is 0 Å². The van der Waals surface area contributed by atoms with E-state index in [1.807, 2.05) is 19.9 Å². The molecule has 0 N–H and O–H groups in total. The molecular weight excluding hydrogens is 176 g/mol. The summed E-state index contributed by atoms with van der Waals surface area (Å²) in [6.07, 6.45) is 3.68. The first-order valence-corrected chi connectivity index (χ1v) is 4.94. The Bertz CT molecular complexity index is 235. The van der Waals surface area contributed by atoms with Gasteiger partial charge < -0.3 is 4.74 Å². The monoisotopic (exact) mass is 196 g/mol. The second-order valence-corrected chi connectivity index (χ2v) is 3.77. The van der Waals surface area contributed by atoms with Gasteiger partial charge in [-0.05, 0) is 31.8 Å². The van der Waals surface area contributed by atoms with Gasteiger partial charge in [-0.25, -0.2) is 0 Å². The van der Waals surface area contributed by atoms with Crippen LogP contribution in [0.4, 0.5) is 0 Å². The predicted octanol–water partition coefficient (Wildman–Crippen LogP) is 3.45. The topological polar surface area (TPSA) is 26.3 Å². The van der Waals surface area contributed by atoms with Crippen molar-refractivity contribution in [3.8, 4) is 0 Å². The van der Waals surface area contributed by atoms with Gasteiger partial charge in [0.1, 0.15) is 5.76 Å². The Labute approximate surface area is 86.6 Å². The van der Waals surface area contributed by atoms with Crippen LogP contribution in [0.5, 0.6) is 0 Å². The van der Waals surface area contributed by atoms with Crippen LogP contribution >= 0.6 is 0 Å². The summed E-state index contributed by atoms with van der Waals surface area (Å²) in [5.74, 6) is 1.01. The highest BCUT2D eigenvalue weighted by Gasteiger charge is 2.06. The molecule has 1 unspecified atom stereocenters. The number of rotatable bonds is 5. The van der Waals surface area contributed by atoms with Gasteiger partial charge in [0, 0.05) is 13.3 Å². The van der Waals surface area contributed by atoms with Gasteiger partial charge in [0.25, 0.3) is 0 Å². The summed E-state index contributed by atoms with van der Waals surface area (Å²) in [6, 6.07) is 0. The number of ether oxygens (including phenoxy) is 1. The van der Waals surface area contributed by atoms with E-state index in [1.54, 1.807) is 0 Å². The van der Waals surface area contributed by atoms with Crippen LogP contribution in [0.15, 0.2) is 24.0 Å². The highest BCUT2D eigenvalue weighted by atomic mass is 16.5. The Morgan fingerprint density at radius 1 is 1.43 bits per heavy atom. The van der Waals surface area contributed by atoms with Crippen molar-refractivity contribution in [1.29, 1.82) is 0 Å². The largest absolute Gasteiger partial charge is 0.431 e. The number of hydrogen-bond donors (Lipinski definition) is 0. The van der Waals surface area contributed by atoms with Crippen LogP contribution in [-0.4, -0.2) is 5.97 Å². The Kier molecular flexibility index (Phi) is 5.93. The summed E-state index contributed by atoms with van der Waals surface area (Å²) in [4.78, 5) is 10.8. The molecule has 0 fully saturated rings. The minimum absolute atomic E-state index is 0.243. The van der Waals surface area contributed by atoms with Crippen LogP contribution in [0.1, 0.15) is 40.5 Å². The average molecular weight is 196 g/mol. The number of carbonyl (C=O) groups is 1. The molecule has 0 aliphatic rings. The van der Waals surface area contributed by atoms with Crippen molar-refractivity contribution in [3.05, 3.63) is 24.0 Å². The van der Waals surface area contributed by atoms with Crippen molar-refractivity contribution < 1.29 is 9.53 Å². The van der Waals surface area contributed by atoms with E-state index in [9.17, 15) is 4.79 Å². The van der Waals surface area contributed by atoms with E-state index in [0.717, 1.165) is 24.2 Å². The van der Waals surface area contributed by atoms with Crippen LogP contribution in [0, 0.1) is 5.92 Å². The molecule has 0 aliphatic heterocycles. The maximum Gasteiger partial charge on any atom is 0.307 e. The summed E-state index contributed by atoms with van der Waals surface area (Å²) in [6.45, 7) is 11.2. The van der Waals surface area contributed by atoms with E-state index >= 15 is 0 Å². The van der Waals surface area contributed by atoms with E-state index in [0.29, 0.717) is 5.92 Å². The fourth-order valence-corrected chi connectivity index (χ4v) is 1.05. The molecule has 80 valence electrons. The third-order valence-corrected chi connectivity index (χ3v) is 2.05. The fourth-order valence-electron chi connectivity index (χ4n) is 1.05. The van der Waals surface area contributed by atoms with E-state index in [4.69, 9.17) is 4.74 Å². The molecule has 0 aromatic rings. The number of allylic oxidation sites excluding steroid dienone is 3. The minimum Gasteiger partial charge on any atom is -0.431 e. The molecule has 0 bridgehead atoms. The highest BCUT2D eigenvalue weighted by Crippen LogP contribution is 2.17. The Balaban J connectivity index is 4.20. The Hall–Kier alpha value is -1.05. The molecule has 2 heteroatoms. The van der Waals surface area contributed by atoms with E-state index in [2.05, 4.69) is 13.5 Å². The summed E-state index contributed by atoms with van der Waals surface area (Å²) in [5, 5.41) is 0. The van der Waals surface area contributed by atoms with Crippen LogP contribution in [0.2, 0.25) is 0 Å². The first-order valence-electron chi connectivity index (χ1n) is 4.94. The zero-order valence-corrected chi connectivity index (χ0v) is 9.59. The van der Waals surface area contributed by atoms with E-state index in [-0.39, 0.29) is 5.97 Å². The van der Waals surface area contributed by atoms with Gasteiger partial charge in [-0.1, -0.05) is 13.0 Å². The molecule has 0 aromatic heterocycles. The zero-order valence-electron chi connectivity index (χ0n) is 9.59. The molecule has 0 saturated heterocycles. The molecule has 1 atom stereocenters. The molecule has 0 saturated carbocycles. The van der Waals surface area contributed by atoms with E-state index in [1.165, 1.54) is 6.92 Å². The number of carbonyl (C=O) groups excluding carboxylic acids is 1. The smallest absolute Gasteiger partial charge is 0.307 e. The summed E-state index contributed by atoms with van der Waals surface area (Å²) < 4.78 is 5.11. The van der Waals surface area contributed by atoms with Gasteiger partial charge >= 0.3 is 5.97 Å². The van der Waals surface area contributed by atoms with Gasteiger partial charge in [0.05, 0.1) is 0 Å². The highest BCUT2D eigenvalue weighted by molar-refractivity contribution is 5.67. The molecule has 0 spiro atoms. The van der Waals surface area contributed by atoms with Crippen molar-refractivity contribution in [2.24, 2.45) is 5.92 Å². The molecular formula is C12H20O2. The molecule has 0 heterocycles. The first kappa shape index (κ1) is 12.9. The van der Waals surface area contributed by atoms with Crippen molar-refractivity contribution in [1.82, 2.24) is 0 Å². The van der Waals surface area contributed by atoms with Crippen molar-refractivity contribution >= 4 is 5.97 Å². The van der Waals surface area contributed by atoms with Crippen LogP contribution in [0.3, 0.4) is 0 Å². The van der Waals surface area contributed by atoms with Crippen LogP contribution in [-0.2, 0) is 9.53 Å². The van der Waals surface area contributed by atoms with Gasteiger partial charge in [0.2, 0.25) is 0 Å². The third-order valence-electron chi connectivity index (χ3n) is 2.05. The van der Waals surface area contributed by atoms with Crippen LogP contribution < -0.4 is 0 Å². The maximum absolute atomic E-state index is 10.8. The Morgan fingerprint density at radius 2 is 2.00 bits per heavy atom. The SMILES string of the molecule is C=CC(C)CCC(OC(C)=O)=C(C)C. The molecule has 0 aromatic carbocycles. The standard InChI is InChI=1S/C12H20O2/c1-6-10(4)7-8-12(9(2)3)14-11(5)13/h6,10H,1,7-8H2,2-5H3. The molecule has 0 radical (unpaired) electrons. The normalized spacial score (nSPS) is 11.7. The van der Waals surface area contributed by atoms with Gasteiger partial charge in [-0.2, -0.15) is 0 Å². The maximum atomic E-state index is 10.8. The third kappa shape index (κ3) is 5.57. The minimum atomic E-state index is -0.243. The first-order chi connectivity index (χ1) is 6.47. The average Bonchev–Trinajstić information content (AvgIpc) is 2.10. The molecule has 0 rings (SSSR count). The number of esters is 1. The molecule has 0 aliphatic carbocycles. The van der Waals surface area contributed by atoms with Crippen molar-refractivity contribution in [2.75, 3.05) is 0 Å². The lowest BCUT2D eigenvalue weighted by molar-refractivity contribution is -0.137. The molecule has 0 amide bonds. The van der Waals surface area contributed by atoms with Gasteiger partial charge in [0.15, 0.2) is 0 Å². The quantitative estimate of drug-likeness (QED) is 0.382. The summed E-state index contributed by atoms with van der Waals surface area (Å²) >= 11 is 0. The lowest BCUT2D eigenvalue weighted by atomic mass is 10.0. The summed E-state index contributed by atoms with van der Waals surface area (Å²) in [5.41, 5.74) is 1.07. The number of hydrogen-bond acceptors (Lipinski definition) is 2. The van der Waals surface area contributed by atoms with Gasteiger partial charge in [-0.3, -0.25) is 4.79 Å². The fraction of sp³-hybridized carbons (Fsp3) is 0.583. The van der Waals surface area contributed by atoms with Crippen LogP contribution in [0.25, 0.3) is 0 Å². The van der Waals surface area contributed by atoms with Gasteiger partial charge in [-0.15, -0.1) is 6.58 Å². The second-order valence-electron chi connectivity index (χ2n) is 3.77. The predicted molar refractivity (Wildman–Crippen MR) is 58.7 cm³/mol. The lowest BCUT2D eigenvalue weighted by Crippen LogP contribution is -2.02. The lowest BCUT2D eigenvalue weighted by Gasteiger charge is -2.11. The zero-order chi connectivity index (χ0) is 11.1. The van der Waals surface area contributed by atoms with E-state index < -0.39 is 0 Å². The van der Waals surface area contributed by atoms with Crippen molar-refractivity contribution in [2.45, 2.75) is 40.5 Å². The molecule has 14 heavy (non-hydrogen) atoms. The summed E-state index contributed by atoms with van der Waals surface area (Å²) in [7, 11) is 0. The Morgan fingerprint density at radius 3 is 2.36 bits per heavy atom.